The molecule has 1 aromatic heterocycles. The maximum atomic E-state index is 6.40. The van der Waals surface area contributed by atoms with Crippen LogP contribution in [-0.2, 0) is 0 Å². The summed E-state index contributed by atoms with van der Waals surface area (Å²) in [5.41, 5.74) is 9.67. The molecule has 7 heteroatoms. The minimum absolute atomic E-state index is 0.127. The molecule has 0 amide bonds. The van der Waals surface area contributed by atoms with Gasteiger partial charge in [0.05, 0.1) is 6.04 Å². The fourth-order valence-electron chi connectivity index (χ4n) is 3.16. The molecule has 0 atom stereocenters. The molecule has 1 heterocycles. The lowest BCUT2D eigenvalue weighted by atomic mass is 9.99. The van der Waals surface area contributed by atoms with Crippen LogP contribution >= 0.6 is 23.2 Å². The Morgan fingerprint density at radius 3 is 1.83 bits per heavy atom. The van der Waals surface area contributed by atoms with Crippen molar-refractivity contribution in [2.75, 3.05) is 16.4 Å². The zero-order valence-corrected chi connectivity index (χ0v) is 17.4. The van der Waals surface area contributed by atoms with Crippen molar-refractivity contribution in [2.45, 2.75) is 6.04 Å². The normalized spacial score (nSPS) is 10.8. The molecule has 0 saturated carbocycles. The largest absolute Gasteiger partial charge is 0.393 e. The number of hydrogen-bond acceptors (Lipinski definition) is 5. The molecular weight excluding hydrogens is 417 g/mol. The van der Waals surface area contributed by atoms with Crippen LogP contribution in [0.25, 0.3) is 0 Å². The van der Waals surface area contributed by atoms with Crippen LogP contribution in [0.15, 0.2) is 85.2 Å². The van der Waals surface area contributed by atoms with Gasteiger partial charge in [-0.1, -0.05) is 83.9 Å². The average molecular weight is 436 g/mol. The number of nitrogen functional groups attached to an aromatic ring is 1. The summed E-state index contributed by atoms with van der Waals surface area (Å²) in [4.78, 5) is 8.64. The van der Waals surface area contributed by atoms with Gasteiger partial charge in [-0.2, -0.15) is 0 Å². The van der Waals surface area contributed by atoms with Gasteiger partial charge in [0.1, 0.15) is 12.0 Å². The topological polar surface area (TPSA) is 75.9 Å². The van der Waals surface area contributed by atoms with E-state index >= 15 is 0 Å². The zero-order chi connectivity index (χ0) is 20.9. The number of rotatable bonds is 6. The SMILES string of the molecule is Nc1c(Nc2cc(Cl)cc(Cl)c2)ncnc1NC(c1ccccc1)c1ccccc1. The Kier molecular flexibility index (Phi) is 6.02. The van der Waals surface area contributed by atoms with Crippen molar-refractivity contribution in [2.24, 2.45) is 0 Å². The van der Waals surface area contributed by atoms with Crippen molar-refractivity contribution in [3.8, 4) is 0 Å². The second-order valence-electron chi connectivity index (χ2n) is 6.67. The maximum Gasteiger partial charge on any atom is 0.159 e. The number of nitrogens with two attached hydrogens (primary N) is 1. The summed E-state index contributed by atoms with van der Waals surface area (Å²) in [7, 11) is 0. The van der Waals surface area contributed by atoms with Crippen LogP contribution in [0.4, 0.5) is 23.0 Å². The molecule has 0 aliphatic carbocycles. The summed E-state index contributed by atoms with van der Waals surface area (Å²) in [5, 5.41) is 7.66. The fraction of sp³-hybridized carbons (Fsp3) is 0.0435. The van der Waals surface area contributed by atoms with E-state index in [1.807, 2.05) is 36.4 Å². The summed E-state index contributed by atoms with van der Waals surface area (Å²) < 4.78 is 0. The predicted octanol–water partition coefficient (Wildman–Crippen LogP) is 6.31. The molecule has 0 radical (unpaired) electrons. The summed E-state index contributed by atoms with van der Waals surface area (Å²) in [6.45, 7) is 0. The van der Waals surface area contributed by atoms with Gasteiger partial charge in [0.2, 0.25) is 0 Å². The third-order valence-corrected chi connectivity index (χ3v) is 4.99. The molecule has 150 valence electrons. The predicted molar refractivity (Wildman–Crippen MR) is 125 cm³/mol. The smallest absolute Gasteiger partial charge is 0.159 e. The van der Waals surface area contributed by atoms with E-state index in [0.29, 0.717) is 33.1 Å². The monoisotopic (exact) mass is 435 g/mol. The Labute approximate surface area is 184 Å². The van der Waals surface area contributed by atoms with Crippen molar-refractivity contribution in [3.05, 3.63) is 106 Å². The highest BCUT2D eigenvalue weighted by Gasteiger charge is 2.17. The number of nitrogens with zero attached hydrogens (tertiary/aromatic N) is 2. The first-order chi connectivity index (χ1) is 14.6. The zero-order valence-electron chi connectivity index (χ0n) is 15.9. The van der Waals surface area contributed by atoms with Gasteiger partial charge < -0.3 is 16.4 Å². The molecule has 30 heavy (non-hydrogen) atoms. The van der Waals surface area contributed by atoms with Crippen molar-refractivity contribution >= 4 is 46.2 Å². The molecule has 0 bridgehead atoms. The Balaban J connectivity index is 1.67. The Hall–Kier alpha value is -3.28. The number of aromatic nitrogens is 2. The molecule has 4 aromatic rings. The van der Waals surface area contributed by atoms with E-state index in [2.05, 4.69) is 44.9 Å². The summed E-state index contributed by atoms with van der Waals surface area (Å²) in [6.07, 6.45) is 1.46. The second kappa shape index (κ2) is 9.03. The van der Waals surface area contributed by atoms with Gasteiger partial charge in [0.25, 0.3) is 0 Å². The van der Waals surface area contributed by atoms with Crippen LogP contribution in [0.1, 0.15) is 17.2 Å². The van der Waals surface area contributed by atoms with Gasteiger partial charge >= 0.3 is 0 Å². The molecule has 4 rings (SSSR count). The minimum atomic E-state index is -0.127. The number of hydrogen-bond donors (Lipinski definition) is 3. The van der Waals surface area contributed by atoms with Crippen LogP contribution in [-0.4, -0.2) is 9.97 Å². The number of halogens is 2. The first-order valence-electron chi connectivity index (χ1n) is 9.30. The highest BCUT2D eigenvalue weighted by molar-refractivity contribution is 6.35. The Morgan fingerprint density at radius 2 is 1.27 bits per heavy atom. The fourth-order valence-corrected chi connectivity index (χ4v) is 3.69. The molecule has 3 aromatic carbocycles. The first kappa shape index (κ1) is 20.0. The quantitative estimate of drug-likeness (QED) is 0.330. The molecule has 5 nitrogen and oxygen atoms in total. The molecule has 0 aliphatic heterocycles. The molecule has 0 aliphatic rings. The minimum Gasteiger partial charge on any atom is -0.393 e. The van der Waals surface area contributed by atoms with Gasteiger partial charge in [-0.05, 0) is 29.3 Å². The molecular formula is C23H19Cl2N5. The number of benzene rings is 3. The van der Waals surface area contributed by atoms with Gasteiger partial charge in [0, 0.05) is 15.7 Å². The molecule has 0 saturated heterocycles. The highest BCUT2D eigenvalue weighted by atomic mass is 35.5. The van der Waals surface area contributed by atoms with E-state index in [0.717, 1.165) is 11.1 Å². The molecule has 0 fully saturated rings. The van der Waals surface area contributed by atoms with Crippen LogP contribution in [0, 0.1) is 0 Å². The summed E-state index contributed by atoms with van der Waals surface area (Å²) in [5.74, 6) is 0.990. The number of anilines is 4. The van der Waals surface area contributed by atoms with Gasteiger partial charge in [-0.3, -0.25) is 0 Å². The Morgan fingerprint density at radius 1 is 0.733 bits per heavy atom. The van der Waals surface area contributed by atoms with Gasteiger partial charge in [-0.25, -0.2) is 9.97 Å². The van der Waals surface area contributed by atoms with Crippen molar-refractivity contribution < 1.29 is 0 Å². The lowest BCUT2D eigenvalue weighted by molar-refractivity contribution is 0.924. The number of nitrogens with one attached hydrogen (secondary N) is 2. The van der Waals surface area contributed by atoms with E-state index in [1.54, 1.807) is 18.2 Å². The first-order valence-corrected chi connectivity index (χ1v) is 10.1. The van der Waals surface area contributed by atoms with E-state index in [4.69, 9.17) is 28.9 Å². The third-order valence-electron chi connectivity index (χ3n) is 4.56. The molecule has 4 N–H and O–H groups in total. The van der Waals surface area contributed by atoms with Gasteiger partial charge in [-0.15, -0.1) is 0 Å². The van der Waals surface area contributed by atoms with Gasteiger partial charge in [0.15, 0.2) is 11.6 Å². The van der Waals surface area contributed by atoms with Crippen LogP contribution in [0.2, 0.25) is 10.0 Å². The van der Waals surface area contributed by atoms with Crippen LogP contribution in [0.5, 0.6) is 0 Å². The van der Waals surface area contributed by atoms with Crippen molar-refractivity contribution in [3.63, 3.8) is 0 Å². The lowest BCUT2D eigenvalue weighted by Crippen LogP contribution is -2.15. The Bertz CT molecular complexity index is 1080. The van der Waals surface area contributed by atoms with E-state index in [1.165, 1.54) is 6.33 Å². The highest BCUT2D eigenvalue weighted by Crippen LogP contribution is 2.32. The summed E-state index contributed by atoms with van der Waals surface area (Å²) >= 11 is 12.2. The second-order valence-corrected chi connectivity index (χ2v) is 7.54. The average Bonchev–Trinajstić information content (AvgIpc) is 2.75. The van der Waals surface area contributed by atoms with Crippen LogP contribution < -0.4 is 16.4 Å². The van der Waals surface area contributed by atoms with E-state index in [-0.39, 0.29) is 6.04 Å². The maximum absolute atomic E-state index is 6.40. The van der Waals surface area contributed by atoms with Crippen LogP contribution in [0.3, 0.4) is 0 Å². The third kappa shape index (κ3) is 4.64. The summed E-state index contributed by atoms with van der Waals surface area (Å²) in [6, 6.07) is 25.3. The standard InChI is InChI=1S/C23H19Cl2N5/c24-17-11-18(25)13-19(12-17)29-22-20(26)23(28-14-27-22)30-21(15-7-3-1-4-8-15)16-9-5-2-6-10-16/h1-14,21H,26H2,(H2,27,28,29,30). The van der Waals surface area contributed by atoms with E-state index in [9.17, 15) is 0 Å². The molecule has 0 unspecified atom stereocenters. The molecule has 0 spiro atoms. The lowest BCUT2D eigenvalue weighted by Gasteiger charge is -2.22. The van der Waals surface area contributed by atoms with E-state index < -0.39 is 0 Å². The van der Waals surface area contributed by atoms with Crippen molar-refractivity contribution in [1.29, 1.82) is 0 Å². The van der Waals surface area contributed by atoms with Crippen molar-refractivity contribution in [1.82, 2.24) is 9.97 Å².